The zero-order valence-electron chi connectivity index (χ0n) is 12.9. The smallest absolute Gasteiger partial charge is 0.269 e. The van der Waals surface area contributed by atoms with Gasteiger partial charge in [-0.05, 0) is 47.7 Å². The van der Waals surface area contributed by atoms with E-state index in [2.05, 4.69) is 10.3 Å². The van der Waals surface area contributed by atoms with Crippen molar-refractivity contribution in [1.29, 1.82) is 0 Å². The molecule has 0 aliphatic carbocycles. The van der Waals surface area contributed by atoms with Crippen molar-refractivity contribution in [2.75, 3.05) is 7.05 Å². The Labute approximate surface area is 153 Å². The zero-order chi connectivity index (χ0) is 17.5. The van der Waals surface area contributed by atoms with E-state index < -0.39 is 10.0 Å². The quantitative estimate of drug-likeness (QED) is 0.616. The number of carbonyl (C=O) groups excluding carboxylic acids is 1. The van der Waals surface area contributed by atoms with Gasteiger partial charge in [0.05, 0.1) is 10.5 Å². The highest BCUT2D eigenvalue weighted by molar-refractivity contribution is 14.1. The second-order valence-corrected chi connectivity index (χ2v) is 8.24. The van der Waals surface area contributed by atoms with Crippen molar-refractivity contribution in [3.8, 4) is 0 Å². The summed E-state index contributed by atoms with van der Waals surface area (Å²) in [6.45, 7) is 1.90. The summed E-state index contributed by atoms with van der Waals surface area (Å²) >= 11 is 2.04. The maximum absolute atomic E-state index is 12.9. The van der Waals surface area contributed by atoms with E-state index in [4.69, 9.17) is 0 Å². The Morgan fingerprint density at radius 3 is 2.54 bits per heavy atom. The van der Waals surface area contributed by atoms with Crippen LogP contribution >= 0.6 is 22.6 Å². The van der Waals surface area contributed by atoms with Gasteiger partial charge in [-0.2, -0.15) is 0 Å². The Hall–Kier alpha value is -1.94. The molecule has 0 atom stereocenters. The SMILES string of the molecule is CNC(=O)c1cnc2c(c1)c(I)cn2S(=O)(=O)c1ccc(C)cc1. The van der Waals surface area contributed by atoms with Gasteiger partial charge in [0.1, 0.15) is 0 Å². The summed E-state index contributed by atoms with van der Waals surface area (Å²) in [5.41, 5.74) is 1.66. The molecule has 124 valence electrons. The van der Waals surface area contributed by atoms with Crippen molar-refractivity contribution in [3.63, 3.8) is 0 Å². The predicted octanol–water partition coefficient (Wildman–Crippen LogP) is 2.55. The first-order valence-electron chi connectivity index (χ1n) is 7.05. The number of hydrogen-bond acceptors (Lipinski definition) is 4. The van der Waals surface area contributed by atoms with Crippen LogP contribution in [0.15, 0.2) is 47.6 Å². The van der Waals surface area contributed by atoms with Crippen LogP contribution in [0, 0.1) is 10.5 Å². The molecule has 0 aliphatic heterocycles. The van der Waals surface area contributed by atoms with Gasteiger partial charge >= 0.3 is 0 Å². The molecule has 8 heteroatoms. The van der Waals surface area contributed by atoms with Crippen molar-refractivity contribution >= 4 is 49.6 Å². The summed E-state index contributed by atoms with van der Waals surface area (Å²) in [7, 11) is -2.22. The Balaban J connectivity index is 2.20. The monoisotopic (exact) mass is 455 g/mol. The first-order valence-corrected chi connectivity index (χ1v) is 9.57. The van der Waals surface area contributed by atoms with Crippen LogP contribution in [0.25, 0.3) is 11.0 Å². The highest BCUT2D eigenvalue weighted by Gasteiger charge is 2.22. The van der Waals surface area contributed by atoms with Crippen molar-refractivity contribution in [2.24, 2.45) is 0 Å². The van der Waals surface area contributed by atoms with Crippen LogP contribution in [0.3, 0.4) is 0 Å². The van der Waals surface area contributed by atoms with Crippen molar-refractivity contribution < 1.29 is 13.2 Å². The van der Waals surface area contributed by atoms with E-state index in [1.54, 1.807) is 30.3 Å². The summed E-state index contributed by atoms with van der Waals surface area (Å²) < 4.78 is 27.6. The third kappa shape index (κ3) is 2.80. The maximum atomic E-state index is 12.9. The standard InChI is InChI=1S/C16H14IN3O3S/c1-10-3-5-12(6-4-10)24(22,23)20-9-14(17)13-7-11(16(21)18-2)8-19-15(13)20/h3-9H,1-2H3,(H,18,21). The Morgan fingerprint density at radius 2 is 1.92 bits per heavy atom. The van der Waals surface area contributed by atoms with Gasteiger partial charge in [-0.1, -0.05) is 17.7 Å². The average molecular weight is 455 g/mol. The minimum atomic E-state index is -3.75. The van der Waals surface area contributed by atoms with Gasteiger partial charge in [0.15, 0.2) is 5.65 Å². The summed E-state index contributed by atoms with van der Waals surface area (Å²) in [4.78, 5) is 16.1. The number of nitrogens with zero attached hydrogens (tertiary/aromatic N) is 2. The highest BCUT2D eigenvalue weighted by Crippen LogP contribution is 2.26. The summed E-state index contributed by atoms with van der Waals surface area (Å²) in [5.74, 6) is -0.269. The fourth-order valence-electron chi connectivity index (χ4n) is 2.32. The van der Waals surface area contributed by atoms with Gasteiger partial charge in [0.2, 0.25) is 0 Å². The first-order chi connectivity index (χ1) is 11.3. The molecule has 0 bridgehead atoms. The second kappa shape index (κ2) is 6.17. The second-order valence-electron chi connectivity index (χ2n) is 5.27. The Bertz CT molecular complexity index is 1040. The fourth-order valence-corrected chi connectivity index (χ4v) is 4.51. The number of amides is 1. The van der Waals surface area contributed by atoms with E-state index in [-0.39, 0.29) is 10.8 Å². The van der Waals surface area contributed by atoms with Crippen LogP contribution in [0.4, 0.5) is 0 Å². The highest BCUT2D eigenvalue weighted by atomic mass is 127. The van der Waals surface area contributed by atoms with Crippen LogP contribution < -0.4 is 5.32 Å². The molecular formula is C16H14IN3O3S. The molecular weight excluding hydrogens is 441 g/mol. The Kier molecular flexibility index (Phi) is 4.35. The third-order valence-electron chi connectivity index (χ3n) is 3.63. The molecule has 3 aromatic rings. The number of carbonyl (C=O) groups is 1. The van der Waals surface area contributed by atoms with Gasteiger partial charge in [-0.15, -0.1) is 0 Å². The fraction of sp³-hybridized carbons (Fsp3) is 0.125. The molecule has 0 aliphatic rings. The van der Waals surface area contributed by atoms with E-state index in [0.717, 1.165) is 9.54 Å². The maximum Gasteiger partial charge on any atom is 0.269 e. The number of nitrogens with one attached hydrogen (secondary N) is 1. The molecule has 0 saturated carbocycles. The molecule has 1 amide bonds. The molecule has 6 nitrogen and oxygen atoms in total. The minimum absolute atomic E-state index is 0.193. The number of aromatic nitrogens is 2. The largest absolute Gasteiger partial charge is 0.355 e. The van der Waals surface area contributed by atoms with Crippen molar-refractivity contribution in [1.82, 2.24) is 14.3 Å². The molecule has 1 aromatic carbocycles. The molecule has 2 aromatic heterocycles. The van der Waals surface area contributed by atoms with Crippen LogP contribution in [0.1, 0.15) is 15.9 Å². The summed E-state index contributed by atoms with van der Waals surface area (Å²) in [6.07, 6.45) is 2.89. The molecule has 2 heterocycles. The number of benzene rings is 1. The van der Waals surface area contributed by atoms with Crippen LogP contribution in [-0.2, 0) is 10.0 Å². The average Bonchev–Trinajstić information content (AvgIpc) is 2.91. The number of rotatable bonds is 3. The van der Waals surface area contributed by atoms with Crippen molar-refractivity contribution in [2.45, 2.75) is 11.8 Å². The molecule has 0 unspecified atom stereocenters. The molecule has 24 heavy (non-hydrogen) atoms. The van der Waals surface area contributed by atoms with Gasteiger partial charge in [0, 0.05) is 28.4 Å². The first kappa shape index (κ1) is 16.9. The lowest BCUT2D eigenvalue weighted by atomic mass is 10.2. The van der Waals surface area contributed by atoms with E-state index in [1.807, 2.05) is 29.5 Å². The molecule has 0 spiro atoms. The van der Waals surface area contributed by atoms with Crippen LogP contribution in [0.2, 0.25) is 0 Å². The number of aryl methyl sites for hydroxylation is 1. The molecule has 3 rings (SSSR count). The van der Waals surface area contributed by atoms with E-state index in [9.17, 15) is 13.2 Å². The number of halogens is 1. The van der Waals surface area contributed by atoms with E-state index >= 15 is 0 Å². The summed E-state index contributed by atoms with van der Waals surface area (Å²) in [6, 6.07) is 8.29. The molecule has 0 fully saturated rings. The van der Waals surface area contributed by atoms with E-state index in [1.165, 1.54) is 19.4 Å². The van der Waals surface area contributed by atoms with Crippen molar-refractivity contribution in [3.05, 3.63) is 57.4 Å². The van der Waals surface area contributed by atoms with Crippen LogP contribution in [-0.4, -0.2) is 30.3 Å². The molecule has 0 saturated heterocycles. The van der Waals surface area contributed by atoms with Gasteiger partial charge < -0.3 is 5.32 Å². The lowest BCUT2D eigenvalue weighted by Gasteiger charge is -2.07. The number of pyridine rings is 1. The zero-order valence-corrected chi connectivity index (χ0v) is 15.9. The lowest BCUT2D eigenvalue weighted by molar-refractivity contribution is 0.0963. The predicted molar refractivity (Wildman–Crippen MR) is 99.6 cm³/mol. The van der Waals surface area contributed by atoms with Gasteiger partial charge in [-0.3, -0.25) is 4.79 Å². The minimum Gasteiger partial charge on any atom is -0.355 e. The third-order valence-corrected chi connectivity index (χ3v) is 6.15. The van der Waals surface area contributed by atoms with Gasteiger partial charge in [-0.25, -0.2) is 17.4 Å². The number of fused-ring (bicyclic) bond motifs is 1. The van der Waals surface area contributed by atoms with Gasteiger partial charge in [0.25, 0.3) is 15.9 Å². The van der Waals surface area contributed by atoms with Crippen LogP contribution in [0.5, 0.6) is 0 Å². The molecule has 1 N–H and O–H groups in total. The Morgan fingerprint density at radius 1 is 1.25 bits per heavy atom. The number of hydrogen-bond donors (Lipinski definition) is 1. The van der Waals surface area contributed by atoms with E-state index in [0.29, 0.717) is 20.2 Å². The topological polar surface area (TPSA) is 81.1 Å². The lowest BCUT2D eigenvalue weighted by Crippen LogP contribution is -2.18. The normalized spacial score (nSPS) is 11.6. The molecule has 0 radical (unpaired) electrons. The summed E-state index contributed by atoms with van der Waals surface area (Å²) in [5, 5.41) is 3.15.